The van der Waals surface area contributed by atoms with Crippen LogP contribution in [0.25, 0.3) is 0 Å². The maximum absolute atomic E-state index is 11.0. The molecule has 16 heavy (non-hydrogen) atoms. The summed E-state index contributed by atoms with van der Waals surface area (Å²) in [6.45, 7) is 1.74. The predicted molar refractivity (Wildman–Crippen MR) is 61.0 cm³/mol. The smallest absolute Gasteiger partial charge is 0.239 e. The lowest BCUT2D eigenvalue weighted by atomic mass is 9.96. The van der Waals surface area contributed by atoms with Crippen LogP contribution >= 0.6 is 0 Å². The van der Waals surface area contributed by atoms with Crippen molar-refractivity contribution < 1.29 is 4.79 Å². The number of anilines is 1. The highest BCUT2D eigenvalue weighted by Gasteiger charge is 2.17. The fraction of sp³-hybridized carbons (Fsp3) is 0.545. The molecule has 1 aliphatic carbocycles. The van der Waals surface area contributed by atoms with Crippen LogP contribution < -0.4 is 11.1 Å². The number of hydrogen-bond acceptors (Lipinski definition) is 4. The van der Waals surface area contributed by atoms with E-state index in [1.807, 2.05) is 0 Å². The first kappa shape index (κ1) is 10.9. The number of rotatable bonds is 3. The fourth-order valence-electron chi connectivity index (χ4n) is 1.92. The summed E-state index contributed by atoms with van der Waals surface area (Å²) >= 11 is 0. The van der Waals surface area contributed by atoms with E-state index in [-0.39, 0.29) is 5.91 Å². The van der Waals surface area contributed by atoms with E-state index in [2.05, 4.69) is 15.3 Å². The molecular formula is C11H16N4O. The van der Waals surface area contributed by atoms with E-state index >= 15 is 0 Å². The second-order valence-electron chi connectivity index (χ2n) is 4.12. The largest absolute Gasteiger partial charge is 0.368 e. The minimum atomic E-state index is -0.402. The molecule has 1 atom stereocenters. The summed E-state index contributed by atoms with van der Waals surface area (Å²) < 4.78 is 0. The molecule has 0 saturated carbocycles. The molecule has 86 valence electrons. The van der Waals surface area contributed by atoms with Gasteiger partial charge in [-0.2, -0.15) is 0 Å². The average molecular weight is 220 g/mol. The van der Waals surface area contributed by atoms with Crippen LogP contribution in [0, 0.1) is 0 Å². The number of nitrogens with one attached hydrogen (secondary N) is 1. The quantitative estimate of drug-likeness (QED) is 0.783. The summed E-state index contributed by atoms with van der Waals surface area (Å²) in [7, 11) is 0. The van der Waals surface area contributed by atoms with Gasteiger partial charge in [0.1, 0.15) is 18.2 Å². The molecule has 3 N–H and O–H groups in total. The third-order valence-corrected chi connectivity index (χ3v) is 2.90. The number of nitrogens with two attached hydrogens (primary N) is 1. The highest BCUT2D eigenvalue weighted by atomic mass is 16.1. The van der Waals surface area contributed by atoms with E-state index < -0.39 is 6.04 Å². The zero-order chi connectivity index (χ0) is 11.5. The van der Waals surface area contributed by atoms with Gasteiger partial charge >= 0.3 is 0 Å². The van der Waals surface area contributed by atoms with Crippen LogP contribution in [0.1, 0.15) is 31.0 Å². The van der Waals surface area contributed by atoms with Crippen LogP contribution in [0.15, 0.2) is 6.33 Å². The molecule has 0 radical (unpaired) electrons. The predicted octanol–water partition coefficient (Wildman–Crippen LogP) is 0.641. The van der Waals surface area contributed by atoms with Gasteiger partial charge in [-0.15, -0.1) is 0 Å². The number of carbonyl (C=O) groups is 1. The van der Waals surface area contributed by atoms with Gasteiger partial charge in [-0.3, -0.25) is 4.79 Å². The third-order valence-electron chi connectivity index (χ3n) is 2.90. The monoisotopic (exact) mass is 220 g/mol. The number of aromatic nitrogens is 2. The van der Waals surface area contributed by atoms with Crippen molar-refractivity contribution in [3.8, 4) is 0 Å². The maximum atomic E-state index is 11.0. The molecule has 0 fully saturated rings. The first-order chi connectivity index (χ1) is 7.68. The third kappa shape index (κ3) is 2.13. The number of hydrogen-bond donors (Lipinski definition) is 2. The number of fused-ring (bicyclic) bond motifs is 1. The van der Waals surface area contributed by atoms with Gasteiger partial charge < -0.3 is 11.1 Å². The van der Waals surface area contributed by atoms with Gasteiger partial charge in [0.15, 0.2) is 0 Å². The highest BCUT2D eigenvalue weighted by Crippen LogP contribution is 2.24. The van der Waals surface area contributed by atoms with Crippen LogP contribution in [-0.4, -0.2) is 21.9 Å². The van der Waals surface area contributed by atoms with E-state index in [0.717, 1.165) is 36.3 Å². The van der Waals surface area contributed by atoms with Gasteiger partial charge in [-0.1, -0.05) is 0 Å². The summed E-state index contributed by atoms with van der Waals surface area (Å²) in [6.07, 6.45) is 5.84. The van der Waals surface area contributed by atoms with Crippen LogP contribution in [0.3, 0.4) is 0 Å². The molecule has 0 saturated heterocycles. The van der Waals surface area contributed by atoms with Crippen LogP contribution in [0.5, 0.6) is 0 Å². The molecule has 1 aromatic heterocycles. The van der Waals surface area contributed by atoms with Crippen molar-refractivity contribution in [2.75, 3.05) is 5.32 Å². The van der Waals surface area contributed by atoms with Crippen LogP contribution in [-0.2, 0) is 17.6 Å². The van der Waals surface area contributed by atoms with Gasteiger partial charge in [-0.05, 0) is 32.6 Å². The van der Waals surface area contributed by atoms with E-state index in [0.29, 0.717) is 0 Å². The van der Waals surface area contributed by atoms with E-state index in [4.69, 9.17) is 5.73 Å². The van der Waals surface area contributed by atoms with Crippen molar-refractivity contribution in [3.63, 3.8) is 0 Å². The molecular weight excluding hydrogens is 204 g/mol. The molecule has 1 amide bonds. The molecule has 5 nitrogen and oxygen atoms in total. The molecule has 0 spiro atoms. The highest BCUT2D eigenvalue weighted by molar-refractivity contribution is 5.82. The number of nitrogens with zero attached hydrogens (tertiary/aromatic N) is 2. The number of primary amides is 1. The lowest BCUT2D eigenvalue weighted by Gasteiger charge is -2.19. The lowest BCUT2D eigenvalue weighted by Crippen LogP contribution is -2.33. The SMILES string of the molecule is CC(Nc1ncnc2c1CCCC2)C(N)=O. The topological polar surface area (TPSA) is 80.9 Å². The second kappa shape index (κ2) is 4.47. The summed E-state index contributed by atoms with van der Waals surface area (Å²) in [5.74, 6) is 0.388. The molecule has 0 bridgehead atoms. The average Bonchev–Trinajstić information content (AvgIpc) is 2.29. The summed E-state index contributed by atoms with van der Waals surface area (Å²) in [6, 6.07) is -0.402. The van der Waals surface area contributed by atoms with Crippen molar-refractivity contribution in [1.82, 2.24) is 9.97 Å². The van der Waals surface area contributed by atoms with Crippen molar-refractivity contribution in [2.45, 2.75) is 38.6 Å². The molecule has 0 aromatic carbocycles. The Morgan fingerprint density at radius 1 is 1.44 bits per heavy atom. The standard InChI is InChI=1S/C11H16N4O/c1-7(10(12)16)15-11-8-4-2-3-5-9(8)13-6-14-11/h6-7H,2-5H2,1H3,(H2,12,16)(H,13,14,15). The Hall–Kier alpha value is -1.65. The summed E-state index contributed by atoms with van der Waals surface area (Å²) in [4.78, 5) is 19.4. The van der Waals surface area contributed by atoms with Crippen molar-refractivity contribution in [1.29, 1.82) is 0 Å². The van der Waals surface area contributed by atoms with Gasteiger partial charge in [0, 0.05) is 11.3 Å². The Balaban J connectivity index is 2.24. The zero-order valence-corrected chi connectivity index (χ0v) is 9.36. The van der Waals surface area contributed by atoms with Crippen LogP contribution in [0.4, 0.5) is 5.82 Å². The summed E-state index contributed by atoms with van der Waals surface area (Å²) in [5.41, 5.74) is 7.45. The summed E-state index contributed by atoms with van der Waals surface area (Å²) in [5, 5.41) is 3.04. The number of amides is 1. The Morgan fingerprint density at radius 3 is 2.94 bits per heavy atom. The Labute approximate surface area is 94.5 Å². The number of carbonyl (C=O) groups excluding carboxylic acids is 1. The Kier molecular flexibility index (Phi) is 3.03. The first-order valence-electron chi connectivity index (χ1n) is 5.57. The molecule has 5 heteroatoms. The van der Waals surface area contributed by atoms with Crippen molar-refractivity contribution in [2.24, 2.45) is 5.73 Å². The first-order valence-corrected chi connectivity index (χ1v) is 5.57. The van der Waals surface area contributed by atoms with E-state index in [1.165, 1.54) is 6.42 Å². The second-order valence-corrected chi connectivity index (χ2v) is 4.12. The molecule has 1 heterocycles. The van der Waals surface area contributed by atoms with Gasteiger partial charge in [0.2, 0.25) is 5.91 Å². The van der Waals surface area contributed by atoms with Crippen molar-refractivity contribution >= 4 is 11.7 Å². The molecule has 0 aliphatic heterocycles. The molecule has 1 aromatic rings. The van der Waals surface area contributed by atoms with Gasteiger partial charge in [-0.25, -0.2) is 9.97 Å². The van der Waals surface area contributed by atoms with Gasteiger partial charge in [0.25, 0.3) is 0 Å². The zero-order valence-electron chi connectivity index (χ0n) is 9.36. The van der Waals surface area contributed by atoms with E-state index in [9.17, 15) is 4.79 Å². The fourth-order valence-corrected chi connectivity index (χ4v) is 1.92. The van der Waals surface area contributed by atoms with Crippen molar-refractivity contribution in [3.05, 3.63) is 17.6 Å². The van der Waals surface area contributed by atoms with E-state index in [1.54, 1.807) is 13.3 Å². The normalized spacial score (nSPS) is 16.3. The van der Waals surface area contributed by atoms with Gasteiger partial charge in [0.05, 0.1) is 0 Å². The molecule has 1 unspecified atom stereocenters. The van der Waals surface area contributed by atoms with Crippen LogP contribution in [0.2, 0.25) is 0 Å². The minimum absolute atomic E-state index is 0.372. The molecule has 2 rings (SSSR count). The Morgan fingerprint density at radius 2 is 2.19 bits per heavy atom. The maximum Gasteiger partial charge on any atom is 0.239 e. The minimum Gasteiger partial charge on any atom is -0.368 e. The number of aryl methyl sites for hydroxylation is 1. The lowest BCUT2D eigenvalue weighted by molar-refractivity contribution is -0.118. The Bertz CT molecular complexity index is 405. The molecule has 1 aliphatic rings.